The van der Waals surface area contributed by atoms with Gasteiger partial charge in [0.05, 0.1) is 0 Å². The molecule has 0 aliphatic carbocycles. The lowest BCUT2D eigenvalue weighted by Gasteiger charge is -2.22. The van der Waals surface area contributed by atoms with Crippen LogP contribution in [0.1, 0.15) is 34.0 Å². The van der Waals surface area contributed by atoms with E-state index in [1.807, 2.05) is 13.0 Å². The second-order valence-corrected chi connectivity index (χ2v) is 7.13. The third-order valence-corrected chi connectivity index (χ3v) is 4.87. The number of amides is 5. The van der Waals surface area contributed by atoms with E-state index in [4.69, 9.17) is 0 Å². The van der Waals surface area contributed by atoms with E-state index in [1.165, 1.54) is 0 Å². The van der Waals surface area contributed by atoms with Crippen LogP contribution in [0.25, 0.3) is 0 Å². The van der Waals surface area contributed by atoms with Crippen molar-refractivity contribution < 1.29 is 19.2 Å². The zero-order valence-electron chi connectivity index (χ0n) is 16.4. The van der Waals surface area contributed by atoms with Crippen LogP contribution in [0.5, 0.6) is 0 Å². The number of hydrazine groups is 1. The fraction of sp³-hybridized carbons (Fsp3) is 0.238. The largest absolute Gasteiger partial charge is 0.325 e. The third kappa shape index (κ3) is 3.96. The zero-order valence-corrected chi connectivity index (χ0v) is 16.4. The van der Waals surface area contributed by atoms with Gasteiger partial charge in [0.2, 0.25) is 0 Å². The van der Waals surface area contributed by atoms with Crippen molar-refractivity contribution in [2.45, 2.75) is 26.3 Å². The Kier molecular flexibility index (Phi) is 5.36. The summed E-state index contributed by atoms with van der Waals surface area (Å²) in [7, 11) is 0. The molecule has 0 aromatic heterocycles. The van der Waals surface area contributed by atoms with Gasteiger partial charge in [0, 0.05) is 5.56 Å². The highest BCUT2D eigenvalue weighted by atomic mass is 16.2. The van der Waals surface area contributed by atoms with Crippen molar-refractivity contribution in [2.75, 3.05) is 6.54 Å². The lowest BCUT2D eigenvalue weighted by Crippen LogP contribution is -2.48. The summed E-state index contributed by atoms with van der Waals surface area (Å²) in [6.45, 7) is 4.78. The average Bonchev–Trinajstić information content (AvgIpc) is 2.91. The summed E-state index contributed by atoms with van der Waals surface area (Å²) >= 11 is 0. The van der Waals surface area contributed by atoms with Crippen LogP contribution in [0.15, 0.2) is 48.5 Å². The Morgan fingerprint density at radius 2 is 1.72 bits per heavy atom. The van der Waals surface area contributed by atoms with E-state index in [-0.39, 0.29) is 0 Å². The predicted octanol–water partition coefficient (Wildman–Crippen LogP) is 1.53. The summed E-state index contributed by atoms with van der Waals surface area (Å²) in [6, 6.07) is 13.4. The zero-order chi connectivity index (χ0) is 21.2. The number of carbonyl (C=O) groups excluding carboxylic acids is 4. The van der Waals surface area contributed by atoms with Crippen LogP contribution in [-0.2, 0) is 15.1 Å². The van der Waals surface area contributed by atoms with Gasteiger partial charge in [-0.3, -0.25) is 30.1 Å². The molecule has 0 radical (unpaired) electrons. The molecule has 150 valence electrons. The highest BCUT2D eigenvalue weighted by molar-refractivity contribution is 6.09. The van der Waals surface area contributed by atoms with Gasteiger partial charge >= 0.3 is 6.03 Å². The maximum absolute atomic E-state index is 12.8. The molecule has 1 heterocycles. The molecule has 1 aliphatic heterocycles. The summed E-state index contributed by atoms with van der Waals surface area (Å²) in [5, 5.41) is 2.63. The first-order chi connectivity index (χ1) is 13.7. The van der Waals surface area contributed by atoms with Gasteiger partial charge in [-0.15, -0.1) is 0 Å². The van der Waals surface area contributed by atoms with Crippen LogP contribution in [0.2, 0.25) is 0 Å². The molecule has 1 fully saturated rings. The fourth-order valence-corrected chi connectivity index (χ4v) is 3.25. The van der Waals surface area contributed by atoms with E-state index in [1.54, 1.807) is 56.3 Å². The summed E-state index contributed by atoms with van der Waals surface area (Å²) in [5.74, 6) is -1.71. The number of imide groups is 1. The molecule has 8 heteroatoms. The first-order valence-electron chi connectivity index (χ1n) is 9.08. The summed E-state index contributed by atoms with van der Waals surface area (Å²) in [4.78, 5) is 50.3. The van der Waals surface area contributed by atoms with Gasteiger partial charge in [-0.25, -0.2) is 4.79 Å². The molecule has 29 heavy (non-hydrogen) atoms. The monoisotopic (exact) mass is 394 g/mol. The number of rotatable bonds is 4. The normalized spacial score (nSPS) is 18.4. The second kappa shape index (κ2) is 7.75. The molecule has 3 N–H and O–H groups in total. The topological polar surface area (TPSA) is 108 Å². The molecule has 1 atom stereocenters. The Bertz CT molecular complexity index is 989. The third-order valence-electron chi connectivity index (χ3n) is 4.87. The summed E-state index contributed by atoms with van der Waals surface area (Å²) in [6.07, 6.45) is 0. The van der Waals surface area contributed by atoms with E-state index in [0.717, 1.165) is 16.0 Å². The quantitative estimate of drug-likeness (QED) is 0.540. The molecular formula is C21H22N4O4. The minimum Gasteiger partial charge on any atom is -0.319 e. The van der Waals surface area contributed by atoms with Crippen molar-refractivity contribution in [1.82, 2.24) is 21.1 Å². The first kappa shape index (κ1) is 20.1. The molecule has 8 nitrogen and oxygen atoms in total. The van der Waals surface area contributed by atoms with Gasteiger partial charge in [0.25, 0.3) is 17.7 Å². The Morgan fingerprint density at radius 3 is 2.38 bits per heavy atom. The fourth-order valence-electron chi connectivity index (χ4n) is 3.25. The average molecular weight is 394 g/mol. The second-order valence-electron chi connectivity index (χ2n) is 7.13. The number of urea groups is 1. The van der Waals surface area contributed by atoms with Crippen LogP contribution in [-0.4, -0.2) is 35.2 Å². The van der Waals surface area contributed by atoms with Gasteiger partial charge in [-0.2, -0.15) is 0 Å². The Morgan fingerprint density at radius 1 is 1.03 bits per heavy atom. The molecule has 1 aliphatic rings. The van der Waals surface area contributed by atoms with Crippen LogP contribution in [0.4, 0.5) is 4.79 Å². The number of nitrogens with one attached hydrogen (secondary N) is 3. The maximum atomic E-state index is 12.8. The van der Waals surface area contributed by atoms with Crippen molar-refractivity contribution in [3.63, 3.8) is 0 Å². The van der Waals surface area contributed by atoms with Gasteiger partial charge in [-0.05, 0) is 38.0 Å². The van der Waals surface area contributed by atoms with Crippen molar-refractivity contribution in [3.8, 4) is 0 Å². The number of carbonyl (C=O) groups is 4. The molecule has 0 unspecified atom stereocenters. The smallest absolute Gasteiger partial charge is 0.319 e. The molecule has 1 saturated heterocycles. The molecule has 0 spiro atoms. The van der Waals surface area contributed by atoms with Crippen molar-refractivity contribution in [2.24, 2.45) is 0 Å². The van der Waals surface area contributed by atoms with E-state index in [9.17, 15) is 19.2 Å². The van der Waals surface area contributed by atoms with Crippen LogP contribution >= 0.6 is 0 Å². The Hall–Kier alpha value is -3.68. The lowest BCUT2D eigenvalue weighted by atomic mass is 9.92. The Labute approximate surface area is 168 Å². The summed E-state index contributed by atoms with van der Waals surface area (Å²) < 4.78 is 0. The predicted molar refractivity (Wildman–Crippen MR) is 106 cm³/mol. The van der Waals surface area contributed by atoms with Crippen molar-refractivity contribution in [3.05, 3.63) is 70.8 Å². The van der Waals surface area contributed by atoms with Crippen LogP contribution in [0.3, 0.4) is 0 Å². The molecule has 0 saturated carbocycles. The standard InChI is InChI=1S/C21H22N4O4/c1-13-9-10-16(14(2)11-13)18(27)24-23-17(26)12-25-19(28)21(3,22-20(25)29)15-7-5-4-6-8-15/h4-11H,12H2,1-3H3,(H,22,29)(H,23,26)(H,24,27)/t21-/m0/s1. The highest BCUT2D eigenvalue weighted by Crippen LogP contribution is 2.28. The van der Waals surface area contributed by atoms with Crippen molar-refractivity contribution in [1.29, 1.82) is 0 Å². The minimum absolute atomic E-state index is 0.419. The molecule has 5 amide bonds. The number of hydrogen-bond donors (Lipinski definition) is 3. The van der Waals surface area contributed by atoms with E-state index in [0.29, 0.717) is 11.1 Å². The molecule has 3 rings (SSSR count). The molecule has 2 aromatic rings. The van der Waals surface area contributed by atoms with Crippen molar-refractivity contribution >= 4 is 23.8 Å². The SMILES string of the molecule is Cc1ccc(C(=O)NNC(=O)CN2C(=O)N[C@@](C)(c3ccccc3)C2=O)c(C)c1. The molecular weight excluding hydrogens is 372 g/mol. The van der Waals surface area contributed by atoms with Gasteiger partial charge in [0.15, 0.2) is 0 Å². The Balaban J connectivity index is 1.63. The van der Waals surface area contributed by atoms with E-state index >= 15 is 0 Å². The molecule has 0 bridgehead atoms. The summed E-state index contributed by atoms with van der Waals surface area (Å²) in [5.41, 5.74) is 6.12. The highest BCUT2D eigenvalue weighted by Gasteiger charge is 2.49. The maximum Gasteiger partial charge on any atom is 0.325 e. The first-order valence-corrected chi connectivity index (χ1v) is 9.08. The van der Waals surface area contributed by atoms with Gasteiger partial charge in [-0.1, -0.05) is 48.0 Å². The number of nitrogens with zero attached hydrogens (tertiary/aromatic N) is 1. The number of benzene rings is 2. The number of aryl methyl sites for hydroxylation is 2. The minimum atomic E-state index is -1.25. The molecule has 2 aromatic carbocycles. The van der Waals surface area contributed by atoms with Crippen LogP contribution in [0, 0.1) is 13.8 Å². The van der Waals surface area contributed by atoms with Gasteiger partial charge < -0.3 is 5.32 Å². The van der Waals surface area contributed by atoms with Crippen LogP contribution < -0.4 is 16.2 Å². The van der Waals surface area contributed by atoms with E-state index < -0.39 is 35.8 Å². The van der Waals surface area contributed by atoms with Gasteiger partial charge in [0.1, 0.15) is 12.1 Å². The van der Waals surface area contributed by atoms with E-state index in [2.05, 4.69) is 16.2 Å². The lowest BCUT2D eigenvalue weighted by molar-refractivity contribution is -0.135. The number of hydrogen-bond acceptors (Lipinski definition) is 4.